The molecule has 1 aliphatic carbocycles. The van der Waals surface area contributed by atoms with E-state index in [0.717, 1.165) is 17.7 Å². The number of nitro groups is 1. The fourth-order valence-electron chi connectivity index (χ4n) is 3.92. The maximum atomic E-state index is 11.3. The largest absolute Gasteiger partial charge is 0.490 e. The van der Waals surface area contributed by atoms with E-state index in [4.69, 9.17) is 4.74 Å². The highest BCUT2D eigenvalue weighted by Gasteiger charge is 2.38. The number of hydrogen-bond acceptors (Lipinski definition) is 4. The molecular formula is C19H18N2O3. The smallest absolute Gasteiger partial charge is 0.311 e. The van der Waals surface area contributed by atoms with E-state index in [2.05, 4.69) is 35.7 Å². The first-order valence-electron chi connectivity index (χ1n) is 8.03. The second-order valence-electron chi connectivity index (χ2n) is 6.25. The minimum atomic E-state index is -0.385. The van der Waals surface area contributed by atoms with Crippen LogP contribution in [0.3, 0.4) is 0 Å². The van der Waals surface area contributed by atoms with Crippen molar-refractivity contribution in [1.29, 1.82) is 0 Å². The Morgan fingerprint density at radius 1 is 1.25 bits per heavy atom. The van der Waals surface area contributed by atoms with E-state index in [1.54, 1.807) is 12.1 Å². The van der Waals surface area contributed by atoms with Crippen LogP contribution < -0.4 is 10.1 Å². The summed E-state index contributed by atoms with van der Waals surface area (Å²) in [5.74, 6) is 1.02. The van der Waals surface area contributed by atoms with E-state index in [9.17, 15) is 10.1 Å². The maximum absolute atomic E-state index is 11.3. The van der Waals surface area contributed by atoms with Gasteiger partial charge in [-0.1, -0.05) is 36.4 Å². The van der Waals surface area contributed by atoms with Gasteiger partial charge in [-0.25, -0.2) is 0 Å². The second kappa shape index (κ2) is 5.67. The monoisotopic (exact) mass is 322 g/mol. The predicted octanol–water partition coefficient (Wildman–Crippen LogP) is 4.43. The van der Waals surface area contributed by atoms with Gasteiger partial charge in [0.2, 0.25) is 0 Å². The van der Waals surface area contributed by atoms with Crippen molar-refractivity contribution in [3.8, 4) is 5.75 Å². The number of hydrogen-bond donors (Lipinski definition) is 1. The number of rotatable bonds is 3. The lowest BCUT2D eigenvalue weighted by atomic mass is 9.77. The van der Waals surface area contributed by atoms with Gasteiger partial charge in [0.25, 0.3) is 0 Å². The van der Waals surface area contributed by atoms with E-state index in [-0.39, 0.29) is 16.7 Å². The number of nitro benzene ring substituents is 1. The molecular weight excluding hydrogens is 304 g/mol. The zero-order valence-corrected chi connectivity index (χ0v) is 13.3. The quantitative estimate of drug-likeness (QED) is 0.516. The van der Waals surface area contributed by atoms with Crippen LogP contribution >= 0.6 is 0 Å². The van der Waals surface area contributed by atoms with Crippen LogP contribution in [0.4, 0.5) is 11.4 Å². The van der Waals surface area contributed by atoms with Crippen LogP contribution in [0.5, 0.6) is 5.75 Å². The average molecular weight is 322 g/mol. The Labute approximate surface area is 140 Å². The molecule has 0 bridgehead atoms. The Morgan fingerprint density at radius 3 is 2.88 bits per heavy atom. The van der Waals surface area contributed by atoms with Crippen LogP contribution in [0.2, 0.25) is 0 Å². The molecule has 3 atom stereocenters. The maximum Gasteiger partial charge on any atom is 0.311 e. The minimum absolute atomic E-state index is 0.0122. The number of ether oxygens (including phenoxy) is 1. The normalized spacial score (nSPS) is 24.0. The van der Waals surface area contributed by atoms with Gasteiger partial charge in [-0.05, 0) is 35.6 Å². The number of methoxy groups -OCH3 is 1. The first kappa shape index (κ1) is 14.8. The van der Waals surface area contributed by atoms with E-state index in [1.807, 2.05) is 12.1 Å². The summed E-state index contributed by atoms with van der Waals surface area (Å²) >= 11 is 0. The predicted molar refractivity (Wildman–Crippen MR) is 92.4 cm³/mol. The average Bonchev–Trinajstić information content (AvgIpc) is 3.10. The molecule has 0 aromatic heterocycles. The van der Waals surface area contributed by atoms with Crippen LogP contribution in [0.1, 0.15) is 29.5 Å². The van der Waals surface area contributed by atoms with Gasteiger partial charge in [-0.15, -0.1) is 0 Å². The van der Waals surface area contributed by atoms with Crippen molar-refractivity contribution in [1.82, 2.24) is 0 Å². The number of para-hydroxylation sites is 1. The molecule has 1 heterocycles. The summed E-state index contributed by atoms with van der Waals surface area (Å²) < 4.78 is 5.12. The molecule has 0 radical (unpaired) electrons. The molecule has 24 heavy (non-hydrogen) atoms. The van der Waals surface area contributed by atoms with Crippen LogP contribution in [-0.2, 0) is 0 Å². The van der Waals surface area contributed by atoms with Crippen molar-refractivity contribution in [3.05, 3.63) is 75.9 Å². The standard InChI is InChI=1S/C19H18N2O3/c1-24-18-10-9-12(11-17(18)21(22)23)19-15-7-4-6-13(15)14-5-2-3-8-16(14)20-19/h2-6,8-11,13,15,19-20H,7H2,1H3/t13?,15?,19-/m1/s1. The van der Waals surface area contributed by atoms with Gasteiger partial charge in [0.15, 0.2) is 5.75 Å². The van der Waals surface area contributed by atoms with Crippen molar-refractivity contribution < 1.29 is 9.66 Å². The fraction of sp³-hybridized carbons (Fsp3) is 0.263. The van der Waals surface area contributed by atoms with Crippen molar-refractivity contribution >= 4 is 11.4 Å². The summed E-state index contributed by atoms with van der Waals surface area (Å²) in [6.45, 7) is 0. The van der Waals surface area contributed by atoms with Crippen LogP contribution in [0.25, 0.3) is 0 Å². The van der Waals surface area contributed by atoms with E-state index >= 15 is 0 Å². The molecule has 0 saturated carbocycles. The van der Waals surface area contributed by atoms with Crippen molar-refractivity contribution in [3.63, 3.8) is 0 Å². The number of benzene rings is 2. The lowest BCUT2D eigenvalue weighted by Gasteiger charge is -2.37. The van der Waals surface area contributed by atoms with Crippen LogP contribution in [0, 0.1) is 16.0 Å². The van der Waals surface area contributed by atoms with Crippen molar-refractivity contribution in [2.75, 3.05) is 12.4 Å². The number of nitrogens with zero attached hydrogens (tertiary/aromatic N) is 1. The highest BCUT2D eigenvalue weighted by molar-refractivity contribution is 5.60. The first-order chi connectivity index (χ1) is 11.7. The van der Waals surface area contributed by atoms with Crippen molar-refractivity contribution in [2.45, 2.75) is 18.4 Å². The third kappa shape index (κ3) is 2.24. The molecule has 0 fully saturated rings. The Balaban J connectivity index is 1.78. The van der Waals surface area contributed by atoms with Gasteiger partial charge < -0.3 is 10.1 Å². The van der Waals surface area contributed by atoms with Gasteiger partial charge in [0.1, 0.15) is 0 Å². The third-order valence-corrected chi connectivity index (χ3v) is 5.03. The molecule has 1 N–H and O–H groups in total. The molecule has 2 aromatic carbocycles. The summed E-state index contributed by atoms with van der Waals surface area (Å²) in [5, 5.41) is 14.9. The second-order valence-corrected chi connectivity index (χ2v) is 6.25. The summed E-state index contributed by atoms with van der Waals surface area (Å²) in [7, 11) is 1.45. The highest BCUT2D eigenvalue weighted by atomic mass is 16.6. The Bertz CT molecular complexity index is 831. The molecule has 2 aromatic rings. The molecule has 2 aliphatic rings. The summed E-state index contributed by atoms with van der Waals surface area (Å²) in [6, 6.07) is 13.6. The topological polar surface area (TPSA) is 64.4 Å². The Morgan fingerprint density at radius 2 is 2.08 bits per heavy atom. The Kier molecular flexibility index (Phi) is 3.49. The molecule has 5 heteroatoms. The number of allylic oxidation sites excluding steroid dienone is 2. The number of anilines is 1. The SMILES string of the molecule is COc1ccc([C@H]2Nc3ccccc3C3C=CCC32)cc1[N+](=O)[O-]. The molecule has 122 valence electrons. The van der Waals surface area contributed by atoms with E-state index in [0.29, 0.717) is 17.6 Å². The lowest BCUT2D eigenvalue weighted by molar-refractivity contribution is -0.385. The van der Waals surface area contributed by atoms with Gasteiger partial charge in [-0.3, -0.25) is 10.1 Å². The van der Waals surface area contributed by atoms with Gasteiger partial charge >= 0.3 is 5.69 Å². The summed E-state index contributed by atoms with van der Waals surface area (Å²) in [4.78, 5) is 10.9. The molecule has 5 nitrogen and oxygen atoms in total. The molecule has 2 unspecified atom stereocenters. The molecule has 1 aliphatic heterocycles. The van der Waals surface area contributed by atoms with Crippen LogP contribution in [0.15, 0.2) is 54.6 Å². The zero-order valence-electron chi connectivity index (χ0n) is 13.3. The molecule has 0 spiro atoms. The summed E-state index contributed by atoms with van der Waals surface area (Å²) in [6.07, 6.45) is 5.44. The van der Waals surface area contributed by atoms with Crippen LogP contribution in [-0.4, -0.2) is 12.0 Å². The molecule has 0 saturated heterocycles. The van der Waals surface area contributed by atoms with E-state index in [1.165, 1.54) is 12.7 Å². The fourth-order valence-corrected chi connectivity index (χ4v) is 3.92. The Hall–Kier alpha value is -2.82. The third-order valence-electron chi connectivity index (χ3n) is 5.03. The molecule has 0 amide bonds. The minimum Gasteiger partial charge on any atom is -0.490 e. The number of nitrogens with one attached hydrogen (secondary N) is 1. The lowest BCUT2D eigenvalue weighted by Crippen LogP contribution is -2.29. The van der Waals surface area contributed by atoms with Crippen molar-refractivity contribution in [2.24, 2.45) is 5.92 Å². The molecule has 4 rings (SSSR count). The number of fused-ring (bicyclic) bond motifs is 3. The summed E-state index contributed by atoms with van der Waals surface area (Å²) in [5.41, 5.74) is 3.35. The van der Waals surface area contributed by atoms with Gasteiger partial charge in [-0.2, -0.15) is 0 Å². The first-order valence-corrected chi connectivity index (χ1v) is 8.03. The van der Waals surface area contributed by atoms with Gasteiger partial charge in [0.05, 0.1) is 18.1 Å². The zero-order chi connectivity index (χ0) is 16.7. The van der Waals surface area contributed by atoms with Gasteiger partial charge in [0, 0.05) is 17.7 Å². The van der Waals surface area contributed by atoms with E-state index < -0.39 is 0 Å². The highest BCUT2D eigenvalue weighted by Crippen LogP contribution is 2.50.